The van der Waals surface area contributed by atoms with Crippen LogP contribution >= 0.6 is 0 Å². The maximum Gasteiger partial charge on any atom is 0.326 e. The van der Waals surface area contributed by atoms with E-state index in [1.165, 1.54) is 7.05 Å². The van der Waals surface area contributed by atoms with Gasteiger partial charge in [-0.2, -0.15) is 0 Å². The molecule has 114 valence electrons. The van der Waals surface area contributed by atoms with Crippen LogP contribution in [-0.2, 0) is 9.59 Å². The molecule has 1 aliphatic heterocycles. The number of aliphatic hydroxyl groups excluding tert-OH is 1. The van der Waals surface area contributed by atoms with Crippen molar-refractivity contribution in [1.29, 1.82) is 0 Å². The molecule has 3 amide bonds. The maximum atomic E-state index is 12.0. The fourth-order valence-electron chi connectivity index (χ4n) is 2.09. The molecule has 0 radical (unpaired) electrons. The van der Waals surface area contributed by atoms with Crippen molar-refractivity contribution in [2.24, 2.45) is 5.41 Å². The third-order valence-electron chi connectivity index (χ3n) is 3.35. The van der Waals surface area contributed by atoms with Gasteiger partial charge in [0, 0.05) is 26.6 Å². The van der Waals surface area contributed by atoms with Gasteiger partial charge in [-0.1, -0.05) is 0 Å². The lowest BCUT2D eigenvalue weighted by molar-refractivity contribution is -0.141. The molecule has 1 fully saturated rings. The number of hydrogen-bond donors (Lipinski definition) is 4. The molecule has 2 atom stereocenters. The van der Waals surface area contributed by atoms with Crippen molar-refractivity contribution in [3.8, 4) is 0 Å². The van der Waals surface area contributed by atoms with Gasteiger partial charge >= 0.3 is 12.0 Å². The van der Waals surface area contributed by atoms with Crippen LogP contribution < -0.4 is 10.6 Å². The van der Waals surface area contributed by atoms with Gasteiger partial charge in [-0.3, -0.25) is 4.79 Å². The van der Waals surface area contributed by atoms with Gasteiger partial charge in [-0.25, -0.2) is 9.59 Å². The largest absolute Gasteiger partial charge is 0.480 e. The van der Waals surface area contributed by atoms with Crippen LogP contribution in [0.3, 0.4) is 0 Å². The number of carboxylic acid groups (broad SMARTS) is 1. The van der Waals surface area contributed by atoms with Crippen molar-refractivity contribution in [1.82, 2.24) is 15.5 Å². The van der Waals surface area contributed by atoms with E-state index in [0.29, 0.717) is 0 Å². The molecule has 1 saturated heterocycles. The van der Waals surface area contributed by atoms with Crippen LogP contribution in [-0.4, -0.2) is 65.3 Å². The Morgan fingerprint density at radius 2 is 1.95 bits per heavy atom. The highest BCUT2D eigenvalue weighted by Gasteiger charge is 2.39. The third-order valence-corrected chi connectivity index (χ3v) is 3.35. The number of aliphatic carboxylic acids is 1. The zero-order valence-corrected chi connectivity index (χ0v) is 11.8. The van der Waals surface area contributed by atoms with Crippen molar-refractivity contribution in [2.45, 2.75) is 32.4 Å². The average molecular weight is 287 g/mol. The summed E-state index contributed by atoms with van der Waals surface area (Å²) in [7, 11) is 1.50. The highest BCUT2D eigenvalue weighted by atomic mass is 16.4. The molecule has 2 unspecified atom stereocenters. The molecule has 1 aliphatic rings. The van der Waals surface area contributed by atoms with Crippen molar-refractivity contribution in [3.63, 3.8) is 0 Å². The molecule has 0 bridgehead atoms. The van der Waals surface area contributed by atoms with Crippen LogP contribution in [0, 0.1) is 5.41 Å². The normalized spacial score (nSPS) is 22.5. The predicted octanol–water partition coefficient (Wildman–Crippen LogP) is -1.01. The van der Waals surface area contributed by atoms with Crippen molar-refractivity contribution >= 4 is 17.9 Å². The van der Waals surface area contributed by atoms with Gasteiger partial charge < -0.3 is 25.7 Å². The van der Waals surface area contributed by atoms with Crippen molar-refractivity contribution in [3.05, 3.63) is 0 Å². The Bertz CT molecular complexity index is 410. The lowest BCUT2D eigenvalue weighted by atomic mass is 9.92. The van der Waals surface area contributed by atoms with Gasteiger partial charge in [-0.15, -0.1) is 0 Å². The summed E-state index contributed by atoms with van der Waals surface area (Å²) >= 11 is 0. The number of hydrogen-bond acceptors (Lipinski definition) is 4. The smallest absolute Gasteiger partial charge is 0.326 e. The number of carboxylic acids is 1. The zero-order chi connectivity index (χ0) is 15.5. The SMILES string of the molecule is CNC(=O)C(C)(C)CNC(=O)N1CC(O)CC1C(=O)O. The Morgan fingerprint density at radius 1 is 1.35 bits per heavy atom. The number of aliphatic hydroxyl groups is 1. The molecule has 0 saturated carbocycles. The third kappa shape index (κ3) is 3.60. The van der Waals surface area contributed by atoms with Gasteiger partial charge in [0.1, 0.15) is 6.04 Å². The summed E-state index contributed by atoms with van der Waals surface area (Å²) < 4.78 is 0. The Hall–Kier alpha value is -1.83. The fraction of sp³-hybridized carbons (Fsp3) is 0.750. The van der Waals surface area contributed by atoms with Crippen LogP contribution in [0.1, 0.15) is 20.3 Å². The summed E-state index contributed by atoms with van der Waals surface area (Å²) in [6.45, 7) is 3.38. The number of nitrogens with zero attached hydrogens (tertiary/aromatic N) is 1. The van der Waals surface area contributed by atoms with Gasteiger partial charge in [-0.05, 0) is 13.8 Å². The Kier molecular flexibility index (Phi) is 4.93. The molecule has 1 rings (SSSR count). The van der Waals surface area contributed by atoms with E-state index in [0.717, 1.165) is 4.90 Å². The highest BCUT2D eigenvalue weighted by Crippen LogP contribution is 2.19. The van der Waals surface area contributed by atoms with E-state index < -0.39 is 29.6 Å². The molecule has 4 N–H and O–H groups in total. The molecule has 0 aromatic carbocycles. The first-order chi connectivity index (χ1) is 9.19. The van der Waals surface area contributed by atoms with Gasteiger partial charge in [0.2, 0.25) is 5.91 Å². The minimum atomic E-state index is -1.15. The molecule has 0 aromatic heterocycles. The lowest BCUT2D eigenvalue weighted by Gasteiger charge is -2.26. The standard InChI is InChI=1S/C12H21N3O5/c1-12(2,10(19)13-3)6-14-11(20)15-5-7(16)4-8(15)9(17)18/h7-8,16H,4-6H2,1-3H3,(H,13,19)(H,14,20)(H,17,18). The minimum absolute atomic E-state index is 0.0155. The Balaban J connectivity index is 2.63. The number of β-amino-alcohol motifs (C(OH)–C–C–N with tert-alkyl or cyclic N) is 1. The summed E-state index contributed by atoms with van der Waals surface area (Å²) in [6.07, 6.45) is -0.824. The zero-order valence-electron chi connectivity index (χ0n) is 11.8. The first-order valence-electron chi connectivity index (χ1n) is 6.36. The predicted molar refractivity (Wildman–Crippen MR) is 70.0 cm³/mol. The van der Waals surface area contributed by atoms with E-state index in [1.54, 1.807) is 13.8 Å². The fourth-order valence-corrected chi connectivity index (χ4v) is 2.09. The summed E-state index contributed by atoms with van der Waals surface area (Å²) in [6, 6.07) is -1.63. The Labute approximate surface area is 117 Å². The monoisotopic (exact) mass is 287 g/mol. The second kappa shape index (κ2) is 6.08. The van der Waals surface area contributed by atoms with E-state index in [-0.39, 0.29) is 25.4 Å². The molecule has 20 heavy (non-hydrogen) atoms. The second-order valence-electron chi connectivity index (χ2n) is 5.52. The molecule has 8 nitrogen and oxygen atoms in total. The summed E-state index contributed by atoms with van der Waals surface area (Å²) in [5.41, 5.74) is -0.804. The number of rotatable bonds is 4. The summed E-state index contributed by atoms with van der Waals surface area (Å²) in [5, 5.41) is 23.5. The Morgan fingerprint density at radius 3 is 2.45 bits per heavy atom. The lowest BCUT2D eigenvalue weighted by Crippen LogP contribution is -2.50. The molecule has 1 heterocycles. The van der Waals surface area contributed by atoms with Gasteiger partial charge in [0.05, 0.1) is 11.5 Å². The molecule has 0 spiro atoms. The first kappa shape index (κ1) is 16.2. The molecule has 0 aromatic rings. The number of carbonyl (C=O) groups is 3. The van der Waals surface area contributed by atoms with Gasteiger partial charge in [0.15, 0.2) is 0 Å². The van der Waals surface area contributed by atoms with Crippen LogP contribution in [0.4, 0.5) is 4.79 Å². The van der Waals surface area contributed by atoms with Crippen LogP contribution in [0.5, 0.6) is 0 Å². The topological polar surface area (TPSA) is 119 Å². The van der Waals surface area contributed by atoms with Crippen LogP contribution in [0.2, 0.25) is 0 Å². The number of nitrogens with one attached hydrogen (secondary N) is 2. The number of amides is 3. The van der Waals surface area contributed by atoms with Crippen LogP contribution in [0.25, 0.3) is 0 Å². The average Bonchev–Trinajstić information content (AvgIpc) is 2.77. The summed E-state index contributed by atoms with van der Waals surface area (Å²) in [5.74, 6) is -1.38. The molecular formula is C12H21N3O5. The van der Waals surface area contributed by atoms with Crippen molar-refractivity contribution < 1.29 is 24.6 Å². The van der Waals surface area contributed by atoms with E-state index in [4.69, 9.17) is 5.11 Å². The number of likely N-dealkylation sites (tertiary alicyclic amines) is 1. The molecule has 8 heteroatoms. The molecular weight excluding hydrogens is 266 g/mol. The summed E-state index contributed by atoms with van der Waals surface area (Å²) in [4.78, 5) is 35.7. The van der Waals surface area contributed by atoms with E-state index in [2.05, 4.69) is 10.6 Å². The first-order valence-corrected chi connectivity index (χ1v) is 6.36. The van der Waals surface area contributed by atoms with E-state index >= 15 is 0 Å². The number of urea groups is 1. The minimum Gasteiger partial charge on any atom is -0.480 e. The second-order valence-corrected chi connectivity index (χ2v) is 5.52. The van der Waals surface area contributed by atoms with Gasteiger partial charge in [0.25, 0.3) is 0 Å². The van der Waals surface area contributed by atoms with E-state index in [9.17, 15) is 19.5 Å². The maximum absolute atomic E-state index is 12.0. The van der Waals surface area contributed by atoms with Crippen LogP contribution in [0.15, 0.2) is 0 Å². The van der Waals surface area contributed by atoms with E-state index in [1.807, 2.05) is 0 Å². The highest BCUT2D eigenvalue weighted by molar-refractivity contribution is 5.85. The quantitative estimate of drug-likeness (QED) is 0.528. The number of carbonyl (C=O) groups excluding carboxylic acids is 2. The van der Waals surface area contributed by atoms with Crippen molar-refractivity contribution in [2.75, 3.05) is 20.1 Å². The molecule has 0 aliphatic carbocycles.